The Morgan fingerprint density at radius 1 is 0.964 bits per heavy atom. The third kappa shape index (κ3) is 6.45. The Labute approximate surface area is 161 Å². The van der Waals surface area contributed by atoms with Crippen molar-refractivity contribution in [3.05, 3.63) is 65.0 Å². The second kappa shape index (κ2) is 10.8. The zero-order valence-corrected chi connectivity index (χ0v) is 15.2. The summed E-state index contributed by atoms with van der Waals surface area (Å²) in [5.74, 6) is -1.38. The molecule has 0 spiro atoms. The van der Waals surface area contributed by atoms with Crippen molar-refractivity contribution in [3.63, 3.8) is 0 Å². The summed E-state index contributed by atoms with van der Waals surface area (Å²) in [6.45, 7) is 1.07. The molecule has 148 valence electrons. The van der Waals surface area contributed by atoms with Crippen molar-refractivity contribution in [2.24, 2.45) is 5.73 Å². The monoisotopic (exact) mass is 386 g/mol. The molecule has 0 unspecified atom stereocenters. The molecule has 0 aliphatic carbocycles. The van der Waals surface area contributed by atoms with Gasteiger partial charge in [-0.15, -0.1) is 0 Å². The van der Waals surface area contributed by atoms with E-state index >= 15 is 0 Å². The average Bonchev–Trinajstić information content (AvgIpc) is 2.72. The lowest BCUT2D eigenvalue weighted by atomic mass is 10.1. The topological polar surface area (TPSA) is 144 Å². The maximum Gasteiger partial charge on any atom is 0.270 e. The number of benzene rings is 1. The molecule has 9 heteroatoms. The van der Waals surface area contributed by atoms with Crippen molar-refractivity contribution in [2.75, 3.05) is 26.4 Å². The number of nitrogens with two attached hydrogens (primary N) is 1. The van der Waals surface area contributed by atoms with E-state index in [0.717, 1.165) is 5.56 Å². The number of carbonyl (C=O) groups excluding carboxylic acids is 3. The van der Waals surface area contributed by atoms with Crippen LogP contribution in [0.15, 0.2) is 42.5 Å². The molecule has 0 atom stereocenters. The van der Waals surface area contributed by atoms with Gasteiger partial charge in [-0.25, -0.2) is 4.98 Å². The minimum absolute atomic E-state index is 0.0183. The summed E-state index contributed by atoms with van der Waals surface area (Å²) in [6, 6.07) is 11.2. The third-order valence-corrected chi connectivity index (χ3v) is 3.67. The summed E-state index contributed by atoms with van der Waals surface area (Å²) in [6.07, 6.45) is 0. The summed E-state index contributed by atoms with van der Waals surface area (Å²) in [5, 5.41) is 14.0. The van der Waals surface area contributed by atoms with Gasteiger partial charge in [-0.3, -0.25) is 14.4 Å². The molecule has 0 saturated heterocycles. The Morgan fingerprint density at radius 3 is 2.36 bits per heavy atom. The zero-order chi connectivity index (χ0) is 20.4. The molecule has 1 aromatic carbocycles. The van der Waals surface area contributed by atoms with Crippen LogP contribution in [0.5, 0.6) is 0 Å². The van der Waals surface area contributed by atoms with E-state index in [2.05, 4.69) is 15.6 Å². The lowest BCUT2D eigenvalue weighted by Gasteiger charge is -2.08. The number of pyridine rings is 1. The number of hydrogen-bond donors (Lipinski definition) is 4. The van der Waals surface area contributed by atoms with Crippen LogP contribution in [0.25, 0.3) is 0 Å². The number of aromatic nitrogens is 1. The van der Waals surface area contributed by atoms with Crippen molar-refractivity contribution in [1.29, 1.82) is 0 Å². The quantitative estimate of drug-likeness (QED) is 0.418. The molecule has 0 aliphatic rings. The maximum absolute atomic E-state index is 12.1. The van der Waals surface area contributed by atoms with Crippen LogP contribution in [0.4, 0.5) is 0 Å². The molecule has 1 heterocycles. The van der Waals surface area contributed by atoms with Crippen LogP contribution in [0.2, 0.25) is 0 Å². The Hall–Kier alpha value is -3.30. The minimum atomic E-state index is -0.705. The first-order chi connectivity index (χ1) is 13.5. The average molecular weight is 386 g/mol. The van der Waals surface area contributed by atoms with Gasteiger partial charge in [0.15, 0.2) is 0 Å². The van der Waals surface area contributed by atoms with Crippen molar-refractivity contribution in [1.82, 2.24) is 15.6 Å². The van der Waals surface area contributed by atoms with Gasteiger partial charge in [0.1, 0.15) is 11.4 Å². The van der Waals surface area contributed by atoms with Crippen molar-refractivity contribution < 1.29 is 24.2 Å². The molecule has 3 amide bonds. The van der Waals surface area contributed by atoms with Crippen LogP contribution in [-0.2, 0) is 11.3 Å². The Morgan fingerprint density at radius 2 is 1.68 bits per heavy atom. The lowest BCUT2D eigenvalue weighted by Crippen LogP contribution is -2.27. The van der Waals surface area contributed by atoms with Crippen LogP contribution in [0.3, 0.4) is 0 Å². The molecular weight excluding hydrogens is 364 g/mol. The first-order valence-corrected chi connectivity index (χ1v) is 8.62. The SMILES string of the molecule is NC(=O)c1cccc(C(=O)NCc2ccc(C(=O)NCCOCCO)cc2)n1. The fraction of sp³-hybridized carbons (Fsp3) is 0.263. The fourth-order valence-corrected chi connectivity index (χ4v) is 2.25. The number of aliphatic hydroxyl groups excluding tert-OH is 1. The first-order valence-electron chi connectivity index (χ1n) is 8.62. The van der Waals surface area contributed by atoms with E-state index in [9.17, 15) is 14.4 Å². The molecule has 0 bridgehead atoms. The lowest BCUT2D eigenvalue weighted by molar-refractivity contribution is 0.0837. The number of nitrogens with one attached hydrogen (secondary N) is 2. The number of aliphatic hydroxyl groups is 1. The molecular formula is C19H22N4O5. The summed E-state index contributed by atoms with van der Waals surface area (Å²) in [4.78, 5) is 39.2. The number of rotatable bonds is 10. The molecule has 5 N–H and O–H groups in total. The number of amides is 3. The predicted octanol–water partition coefficient (Wildman–Crippen LogP) is -0.151. The van der Waals surface area contributed by atoms with E-state index < -0.39 is 11.8 Å². The van der Waals surface area contributed by atoms with Gasteiger partial charge in [0.05, 0.1) is 19.8 Å². The highest BCUT2D eigenvalue weighted by atomic mass is 16.5. The molecule has 0 radical (unpaired) electrons. The van der Waals surface area contributed by atoms with Gasteiger partial charge in [-0.1, -0.05) is 18.2 Å². The normalized spacial score (nSPS) is 10.3. The zero-order valence-electron chi connectivity index (χ0n) is 15.2. The van der Waals surface area contributed by atoms with Gasteiger partial charge in [-0.2, -0.15) is 0 Å². The van der Waals surface area contributed by atoms with E-state index in [1.165, 1.54) is 18.2 Å². The van der Waals surface area contributed by atoms with Crippen LogP contribution in [0, 0.1) is 0 Å². The fourth-order valence-electron chi connectivity index (χ4n) is 2.25. The smallest absolute Gasteiger partial charge is 0.270 e. The molecule has 28 heavy (non-hydrogen) atoms. The summed E-state index contributed by atoms with van der Waals surface area (Å²) in [5.41, 5.74) is 6.54. The van der Waals surface area contributed by atoms with Crippen LogP contribution < -0.4 is 16.4 Å². The van der Waals surface area contributed by atoms with Gasteiger partial charge in [0.2, 0.25) is 0 Å². The predicted molar refractivity (Wildman–Crippen MR) is 101 cm³/mol. The van der Waals surface area contributed by atoms with Gasteiger partial charge in [-0.05, 0) is 29.8 Å². The van der Waals surface area contributed by atoms with E-state index in [-0.39, 0.29) is 37.1 Å². The van der Waals surface area contributed by atoms with Crippen LogP contribution in [-0.4, -0.2) is 54.2 Å². The molecule has 9 nitrogen and oxygen atoms in total. The van der Waals surface area contributed by atoms with Crippen LogP contribution in [0.1, 0.15) is 36.9 Å². The Kier molecular flexibility index (Phi) is 8.07. The van der Waals surface area contributed by atoms with E-state index in [4.69, 9.17) is 15.6 Å². The molecule has 1 aromatic heterocycles. The second-order valence-corrected chi connectivity index (χ2v) is 5.74. The van der Waals surface area contributed by atoms with Gasteiger partial charge in [0, 0.05) is 18.7 Å². The highest BCUT2D eigenvalue weighted by molar-refractivity contribution is 5.96. The number of hydrogen-bond acceptors (Lipinski definition) is 6. The highest BCUT2D eigenvalue weighted by Gasteiger charge is 2.10. The van der Waals surface area contributed by atoms with Gasteiger partial charge in [0.25, 0.3) is 17.7 Å². The summed E-state index contributed by atoms with van der Waals surface area (Å²) in [7, 11) is 0. The van der Waals surface area contributed by atoms with Crippen molar-refractivity contribution in [3.8, 4) is 0 Å². The maximum atomic E-state index is 12.1. The Bertz CT molecular complexity index is 823. The van der Waals surface area contributed by atoms with Gasteiger partial charge >= 0.3 is 0 Å². The van der Waals surface area contributed by atoms with Crippen molar-refractivity contribution >= 4 is 17.7 Å². The summed E-state index contributed by atoms with van der Waals surface area (Å²) < 4.78 is 5.06. The molecule has 2 rings (SSSR count). The van der Waals surface area contributed by atoms with E-state index in [1.807, 2.05) is 0 Å². The minimum Gasteiger partial charge on any atom is -0.394 e. The second-order valence-electron chi connectivity index (χ2n) is 5.74. The van der Waals surface area contributed by atoms with Crippen molar-refractivity contribution in [2.45, 2.75) is 6.54 Å². The third-order valence-electron chi connectivity index (χ3n) is 3.67. The van der Waals surface area contributed by atoms with E-state index in [0.29, 0.717) is 18.7 Å². The van der Waals surface area contributed by atoms with Crippen LogP contribution >= 0.6 is 0 Å². The largest absolute Gasteiger partial charge is 0.394 e. The number of primary amides is 1. The highest BCUT2D eigenvalue weighted by Crippen LogP contribution is 2.05. The molecule has 0 aliphatic heterocycles. The van der Waals surface area contributed by atoms with E-state index in [1.54, 1.807) is 24.3 Å². The first kappa shape index (κ1) is 21.0. The number of carbonyl (C=O) groups is 3. The molecule has 2 aromatic rings. The number of nitrogens with zero attached hydrogens (tertiary/aromatic N) is 1. The summed E-state index contributed by atoms with van der Waals surface area (Å²) >= 11 is 0. The Balaban J connectivity index is 1.83. The molecule has 0 fully saturated rings. The van der Waals surface area contributed by atoms with Gasteiger partial charge < -0.3 is 26.2 Å². The number of ether oxygens (including phenoxy) is 1. The molecule has 0 saturated carbocycles. The standard InChI is InChI=1S/C19H22N4O5/c20-17(25)15-2-1-3-16(23-15)19(27)22-12-13-4-6-14(7-5-13)18(26)21-8-10-28-11-9-24/h1-7,24H,8-12H2,(H2,20,25)(H,21,26)(H,22,27).